The van der Waals surface area contributed by atoms with Crippen LogP contribution in [0.5, 0.6) is 5.75 Å². The Labute approximate surface area is 104 Å². The normalized spacial score (nSPS) is 10.2. The predicted molar refractivity (Wildman–Crippen MR) is 70.5 cm³/mol. The summed E-state index contributed by atoms with van der Waals surface area (Å²) in [6.45, 7) is 4.70. The first-order chi connectivity index (χ1) is 8.26. The van der Waals surface area contributed by atoms with E-state index in [1.807, 2.05) is 19.1 Å². The molecule has 0 fully saturated rings. The first-order valence-corrected chi connectivity index (χ1v) is 6.49. The van der Waals surface area contributed by atoms with Crippen LogP contribution in [0.2, 0.25) is 0 Å². The minimum atomic E-state index is 0.312. The van der Waals surface area contributed by atoms with Gasteiger partial charge in [-0.1, -0.05) is 32.4 Å². The van der Waals surface area contributed by atoms with Crippen molar-refractivity contribution >= 4 is 5.78 Å². The van der Waals surface area contributed by atoms with Crippen LogP contribution >= 0.6 is 0 Å². The molecule has 17 heavy (non-hydrogen) atoms. The number of aryl methyl sites for hydroxylation is 1. The maximum absolute atomic E-state index is 11.1. The zero-order valence-corrected chi connectivity index (χ0v) is 10.9. The summed E-state index contributed by atoms with van der Waals surface area (Å²) in [5.41, 5.74) is 1.35. The van der Waals surface area contributed by atoms with Crippen LogP contribution in [0.4, 0.5) is 0 Å². The summed E-state index contributed by atoms with van der Waals surface area (Å²) in [5, 5.41) is 0. The molecule has 0 aliphatic heterocycles. The third kappa shape index (κ3) is 5.53. The molecule has 0 aromatic heterocycles. The van der Waals surface area contributed by atoms with Crippen LogP contribution in [0.1, 0.15) is 45.1 Å². The molecule has 0 aliphatic rings. The Hall–Kier alpha value is -1.31. The molecular formula is C15H22O2. The number of ketones is 1. The highest BCUT2D eigenvalue weighted by Crippen LogP contribution is 2.13. The van der Waals surface area contributed by atoms with Gasteiger partial charge in [-0.2, -0.15) is 0 Å². The number of carbonyl (C=O) groups excluding carboxylic acids is 1. The topological polar surface area (TPSA) is 26.3 Å². The summed E-state index contributed by atoms with van der Waals surface area (Å²) < 4.78 is 5.58. The largest absolute Gasteiger partial charge is 0.494 e. The van der Waals surface area contributed by atoms with Crippen LogP contribution in [0, 0.1) is 0 Å². The fraction of sp³-hybridized carbons (Fsp3) is 0.533. The molecular weight excluding hydrogens is 212 g/mol. The molecule has 0 unspecified atom stereocenters. The number of carbonyl (C=O) groups is 1. The van der Waals surface area contributed by atoms with Crippen molar-refractivity contribution in [3.05, 3.63) is 29.8 Å². The second-order valence-electron chi connectivity index (χ2n) is 4.24. The van der Waals surface area contributed by atoms with Gasteiger partial charge in [-0.3, -0.25) is 4.79 Å². The summed E-state index contributed by atoms with van der Waals surface area (Å²) in [4.78, 5) is 11.1. The van der Waals surface area contributed by atoms with E-state index in [9.17, 15) is 4.79 Å². The van der Waals surface area contributed by atoms with Crippen molar-refractivity contribution in [1.82, 2.24) is 0 Å². The monoisotopic (exact) mass is 234 g/mol. The highest BCUT2D eigenvalue weighted by Gasteiger charge is 1.99. The third-order valence-electron chi connectivity index (χ3n) is 2.73. The van der Waals surface area contributed by atoms with Gasteiger partial charge in [0.05, 0.1) is 6.61 Å². The third-order valence-corrected chi connectivity index (χ3v) is 2.73. The molecule has 0 atom stereocenters. The summed E-state index contributed by atoms with van der Waals surface area (Å²) in [7, 11) is 0. The van der Waals surface area contributed by atoms with Crippen LogP contribution in [0.3, 0.4) is 0 Å². The molecule has 0 radical (unpaired) electrons. The summed E-state index contributed by atoms with van der Waals surface area (Å²) in [6.07, 6.45) is 4.35. The van der Waals surface area contributed by atoms with Gasteiger partial charge in [0, 0.05) is 12.8 Å². The van der Waals surface area contributed by atoms with Gasteiger partial charge in [0.2, 0.25) is 0 Å². The van der Waals surface area contributed by atoms with E-state index in [0.29, 0.717) is 25.2 Å². The molecule has 0 heterocycles. The minimum Gasteiger partial charge on any atom is -0.494 e. The minimum absolute atomic E-state index is 0.312. The predicted octanol–water partition coefficient (Wildman–Crippen LogP) is 3.78. The maximum atomic E-state index is 11.1. The van der Waals surface area contributed by atoms with Crippen molar-refractivity contribution in [3.63, 3.8) is 0 Å². The van der Waals surface area contributed by atoms with E-state index in [1.54, 1.807) is 0 Å². The fourth-order valence-electron chi connectivity index (χ4n) is 1.68. The van der Waals surface area contributed by atoms with Crippen molar-refractivity contribution < 1.29 is 9.53 Å². The Morgan fingerprint density at radius 3 is 2.47 bits per heavy atom. The van der Waals surface area contributed by atoms with E-state index in [0.717, 1.165) is 18.6 Å². The molecule has 0 saturated carbocycles. The second-order valence-corrected chi connectivity index (χ2v) is 4.24. The molecule has 94 valence electrons. The van der Waals surface area contributed by atoms with Gasteiger partial charge in [-0.05, 0) is 30.5 Å². The van der Waals surface area contributed by atoms with Crippen LogP contribution in [0.25, 0.3) is 0 Å². The first kappa shape index (κ1) is 13.8. The van der Waals surface area contributed by atoms with Gasteiger partial charge in [0.15, 0.2) is 0 Å². The molecule has 1 rings (SSSR count). The van der Waals surface area contributed by atoms with E-state index < -0.39 is 0 Å². The average Bonchev–Trinajstić information content (AvgIpc) is 2.36. The summed E-state index contributed by atoms with van der Waals surface area (Å²) in [5.74, 6) is 1.21. The molecule has 0 bridgehead atoms. The molecule has 0 aliphatic carbocycles. The summed E-state index contributed by atoms with van der Waals surface area (Å²) in [6, 6.07) is 8.23. The van der Waals surface area contributed by atoms with Crippen LogP contribution < -0.4 is 4.74 Å². The highest BCUT2D eigenvalue weighted by molar-refractivity contribution is 5.77. The Morgan fingerprint density at radius 2 is 1.88 bits per heavy atom. The van der Waals surface area contributed by atoms with Gasteiger partial charge in [0.1, 0.15) is 11.5 Å². The molecule has 0 amide bonds. The summed E-state index contributed by atoms with van der Waals surface area (Å²) >= 11 is 0. The molecule has 0 spiro atoms. The second kappa shape index (κ2) is 7.88. The zero-order chi connectivity index (χ0) is 12.5. The van der Waals surface area contributed by atoms with E-state index in [2.05, 4.69) is 19.1 Å². The van der Waals surface area contributed by atoms with Crippen molar-refractivity contribution in [2.75, 3.05) is 6.61 Å². The van der Waals surface area contributed by atoms with E-state index in [1.165, 1.54) is 12.0 Å². The van der Waals surface area contributed by atoms with Crippen LogP contribution in [-0.4, -0.2) is 12.4 Å². The van der Waals surface area contributed by atoms with Crippen molar-refractivity contribution in [3.8, 4) is 5.75 Å². The molecule has 1 aromatic carbocycles. The lowest BCUT2D eigenvalue weighted by molar-refractivity contribution is -0.118. The highest BCUT2D eigenvalue weighted by atomic mass is 16.5. The Bertz CT molecular complexity index is 327. The van der Waals surface area contributed by atoms with Gasteiger partial charge < -0.3 is 4.74 Å². The van der Waals surface area contributed by atoms with Gasteiger partial charge >= 0.3 is 0 Å². The van der Waals surface area contributed by atoms with E-state index in [-0.39, 0.29) is 0 Å². The number of benzene rings is 1. The number of hydrogen-bond donors (Lipinski definition) is 0. The lowest BCUT2D eigenvalue weighted by Crippen LogP contribution is -2.02. The number of rotatable bonds is 8. The van der Waals surface area contributed by atoms with Gasteiger partial charge in [0.25, 0.3) is 0 Å². The Balaban J connectivity index is 2.25. The quantitative estimate of drug-likeness (QED) is 0.640. The lowest BCUT2D eigenvalue weighted by Gasteiger charge is -2.06. The smallest absolute Gasteiger partial charge is 0.132 e. The molecule has 1 aromatic rings. The maximum Gasteiger partial charge on any atom is 0.132 e. The molecule has 0 saturated heterocycles. The Kier molecular flexibility index (Phi) is 6.38. The molecule has 2 nitrogen and oxygen atoms in total. The zero-order valence-electron chi connectivity index (χ0n) is 10.9. The fourth-order valence-corrected chi connectivity index (χ4v) is 1.68. The van der Waals surface area contributed by atoms with Crippen molar-refractivity contribution in [2.45, 2.75) is 46.0 Å². The average molecular weight is 234 g/mol. The van der Waals surface area contributed by atoms with E-state index in [4.69, 9.17) is 4.74 Å². The van der Waals surface area contributed by atoms with Gasteiger partial charge in [-0.15, -0.1) is 0 Å². The number of hydrogen-bond acceptors (Lipinski definition) is 2. The standard InChI is InChI=1S/C15H22O2/c1-3-6-13-8-10-15(11-9-13)17-12-5-7-14(16)4-2/h8-11H,3-7,12H2,1-2H3. The van der Waals surface area contributed by atoms with E-state index >= 15 is 0 Å². The number of Topliss-reactive ketones (excluding diaryl/α,β-unsaturated/α-hetero) is 1. The molecule has 0 N–H and O–H groups in total. The molecule has 2 heteroatoms. The number of ether oxygens (including phenoxy) is 1. The van der Waals surface area contributed by atoms with Crippen molar-refractivity contribution in [1.29, 1.82) is 0 Å². The van der Waals surface area contributed by atoms with Crippen molar-refractivity contribution in [2.24, 2.45) is 0 Å². The van der Waals surface area contributed by atoms with Crippen LogP contribution in [-0.2, 0) is 11.2 Å². The SMILES string of the molecule is CCCc1ccc(OCCCC(=O)CC)cc1. The lowest BCUT2D eigenvalue weighted by atomic mass is 10.1. The first-order valence-electron chi connectivity index (χ1n) is 6.49. The van der Waals surface area contributed by atoms with Crippen LogP contribution in [0.15, 0.2) is 24.3 Å². The van der Waals surface area contributed by atoms with Gasteiger partial charge in [-0.25, -0.2) is 0 Å². The Morgan fingerprint density at radius 1 is 1.18 bits per heavy atom.